The van der Waals surface area contributed by atoms with Crippen molar-refractivity contribution in [3.8, 4) is 0 Å². The molecule has 2 heterocycles. The Morgan fingerprint density at radius 1 is 1.12 bits per heavy atom. The van der Waals surface area contributed by atoms with Gasteiger partial charge in [0.25, 0.3) is 5.56 Å². The first-order valence-corrected chi connectivity index (χ1v) is 7.98. The van der Waals surface area contributed by atoms with E-state index in [1.165, 1.54) is 13.1 Å². The second-order valence-corrected chi connectivity index (χ2v) is 5.91. The molecule has 0 unspecified atom stereocenters. The Morgan fingerprint density at radius 2 is 1.88 bits per heavy atom. The maximum Gasteiger partial charge on any atom is 0.329 e. The summed E-state index contributed by atoms with van der Waals surface area (Å²) in [4.78, 5) is 39.5. The number of hydrogen-bond donors (Lipinski definition) is 2. The van der Waals surface area contributed by atoms with Crippen molar-refractivity contribution in [1.29, 1.82) is 0 Å². The second-order valence-electron chi connectivity index (χ2n) is 5.91. The summed E-state index contributed by atoms with van der Waals surface area (Å²) in [5.41, 5.74) is 1.08. The molecule has 3 rings (SSSR count). The van der Waals surface area contributed by atoms with Gasteiger partial charge in [0.15, 0.2) is 0 Å². The Morgan fingerprint density at radius 3 is 2.54 bits per heavy atom. The molecule has 2 N–H and O–H groups in total. The van der Waals surface area contributed by atoms with Crippen LogP contribution in [0.3, 0.4) is 0 Å². The highest BCUT2D eigenvalue weighted by Gasteiger charge is 2.19. The highest BCUT2D eigenvalue weighted by atomic mass is 16.2. The van der Waals surface area contributed by atoms with Crippen LogP contribution in [0, 0.1) is 0 Å². The molecule has 1 saturated heterocycles. The standard InChI is InChI=1S/C17H20N4O3/c1-20-16(23)10-14(19-17(20)24)18-11-12-5-7-13(8-6-12)21-9-3-2-4-15(21)22/h5-8,10,18H,2-4,9,11H2,1H3,(H,19,24). The Balaban J connectivity index is 1.67. The molecule has 1 aromatic heterocycles. The van der Waals surface area contributed by atoms with Crippen molar-refractivity contribution >= 4 is 17.4 Å². The minimum absolute atomic E-state index is 0.171. The van der Waals surface area contributed by atoms with E-state index in [4.69, 9.17) is 0 Å². The van der Waals surface area contributed by atoms with Gasteiger partial charge in [-0.25, -0.2) is 4.79 Å². The zero-order valence-corrected chi connectivity index (χ0v) is 13.5. The molecular weight excluding hydrogens is 308 g/mol. The van der Waals surface area contributed by atoms with Gasteiger partial charge < -0.3 is 10.2 Å². The van der Waals surface area contributed by atoms with Gasteiger partial charge in [-0.2, -0.15) is 0 Å². The van der Waals surface area contributed by atoms with Crippen molar-refractivity contribution in [2.45, 2.75) is 25.8 Å². The van der Waals surface area contributed by atoms with Crippen molar-refractivity contribution in [2.24, 2.45) is 7.05 Å². The van der Waals surface area contributed by atoms with E-state index in [0.717, 1.165) is 35.2 Å². The lowest BCUT2D eigenvalue weighted by molar-refractivity contribution is -0.119. The lowest BCUT2D eigenvalue weighted by Gasteiger charge is -2.26. The highest BCUT2D eigenvalue weighted by molar-refractivity contribution is 5.93. The van der Waals surface area contributed by atoms with Crippen LogP contribution in [0.2, 0.25) is 0 Å². The molecule has 0 aliphatic carbocycles. The van der Waals surface area contributed by atoms with Gasteiger partial charge in [-0.3, -0.25) is 19.1 Å². The number of nitrogens with one attached hydrogen (secondary N) is 2. The van der Waals surface area contributed by atoms with E-state index in [1.807, 2.05) is 29.2 Å². The lowest BCUT2D eigenvalue weighted by atomic mass is 10.1. The summed E-state index contributed by atoms with van der Waals surface area (Å²) in [5.74, 6) is 0.559. The Kier molecular flexibility index (Phi) is 4.50. The first-order valence-electron chi connectivity index (χ1n) is 7.98. The van der Waals surface area contributed by atoms with Gasteiger partial charge in [-0.05, 0) is 30.5 Å². The molecule has 2 aromatic rings. The summed E-state index contributed by atoms with van der Waals surface area (Å²) in [5, 5.41) is 3.03. The molecule has 0 saturated carbocycles. The summed E-state index contributed by atoms with van der Waals surface area (Å²) < 4.78 is 1.01. The molecule has 0 spiro atoms. The number of piperidine rings is 1. The van der Waals surface area contributed by atoms with Gasteiger partial charge in [-0.15, -0.1) is 0 Å². The molecule has 0 bridgehead atoms. The SMILES string of the molecule is Cn1c(=O)cc(NCc2ccc(N3CCCCC3=O)cc2)[nH]c1=O. The summed E-state index contributed by atoms with van der Waals surface area (Å²) in [6.07, 6.45) is 2.61. The van der Waals surface area contributed by atoms with Crippen LogP contribution in [-0.4, -0.2) is 22.0 Å². The average molecular weight is 328 g/mol. The van der Waals surface area contributed by atoms with Gasteiger partial charge in [0.2, 0.25) is 5.91 Å². The number of anilines is 2. The van der Waals surface area contributed by atoms with E-state index in [9.17, 15) is 14.4 Å². The Labute approximate surface area is 138 Å². The number of carbonyl (C=O) groups is 1. The topological polar surface area (TPSA) is 87.2 Å². The van der Waals surface area contributed by atoms with E-state index >= 15 is 0 Å². The molecule has 0 atom stereocenters. The van der Waals surface area contributed by atoms with E-state index in [1.54, 1.807) is 0 Å². The molecule has 126 valence electrons. The number of aromatic amines is 1. The van der Waals surface area contributed by atoms with E-state index < -0.39 is 5.69 Å². The fourth-order valence-corrected chi connectivity index (χ4v) is 2.72. The smallest absolute Gasteiger partial charge is 0.329 e. The maximum atomic E-state index is 11.9. The number of amides is 1. The summed E-state index contributed by atoms with van der Waals surface area (Å²) in [6.45, 7) is 1.24. The first-order chi connectivity index (χ1) is 11.5. The number of hydrogen-bond acceptors (Lipinski definition) is 4. The fourth-order valence-electron chi connectivity index (χ4n) is 2.72. The van der Waals surface area contributed by atoms with Crippen LogP contribution in [0.15, 0.2) is 39.9 Å². The minimum Gasteiger partial charge on any atom is -0.367 e. The summed E-state index contributed by atoms with van der Waals surface area (Å²) in [6, 6.07) is 9.06. The number of H-pyrrole nitrogens is 1. The van der Waals surface area contributed by atoms with Crippen LogP contribution in [0.4, 0.5) is 11.5 Å². The molecule has 7 nitrogen and oxygen atoms in total. The van der Waals surface area contributed by atoms with Crippen molar-refractivity contribution in [1.82, 2.24) is 9.55 Å². The molecule has 24 heavy (non-hydrogen) atoms. The number of rotatable bonds is 4. The maximum absolute atomic E-state index is 11.9. The molecule has 1 amide bonds. The normalized spacial score (nSPS) is 14.7. The lowest BCUT2D eigenvalue weighted by Crippen LogP contribution is -2.35. The Bertz CT molecular complexity index is 820. The molecule has 1 aliphatic rings. The summed E-state index contributed by atoms with van der Waals surface area (Å²) >= 11 is 0. The average Bonchev–Trinajstić information content (AvgIpc) is 2.59. The largest absolute Gasteiger partial charge is 0.367 e. The van der Waals surface area contributed by atoms with Crippen LogP contribution in [0.1, 0.15) is 24.8 Å². The van der Waals surface area contributed by atoms with E-state index in [2.05, 4.69) is 10.3 Å². The number of carbonyl (C=O) groups excluding carboxylic acids is 1. The predicted octanol–water partition coefficient (Wildman–Crippen LogP) is 1.20. The molecule has 0 radical (unpaired) electrons. The third-order valence-corrected chi connectivity index (χ3v) is 4.20. The highest BCUT2D eigenvalue weighted by Crippen LogP contribution is 2.21. The number of aromatic nitrogens is 2. The predicted molar refractivity (Wildman–Crippen MR) is 92.3 cm³/mol. The molecule has 7 heteroatoms. The zero-order valence-electron chi connectivity index (χ0n) is 13.5. The van der Waals surface area contributed by atoms with Crippen LogP contribution >= 0.6 is 0 Å². The third-order valence-electron chi connectivity index (χ3n) is 4.20. The van der Waals surface area contributed by atoms with E-state index in [-0.39, 0.29) is 11.5 Å². The monoisotopic (exact) mass is 328 g/mol. The molecular formula is C17H20N4O3. The molecule has 1 aliphatic heterocycles. The van der Waals surface area contributed by atoms with Gasteiger partial charge in [0.1, 0.15) is 5.82 Å². The van der Waals surface area contributed by atoms with E-state index in [0.29, 0.717) is 18.8 Å². The first kappa shape index (κ1) is 16.0. The molecule has 1 fully saturated rings. The van der Waals surface area contributed by atoms with Crippen LogP contribution in [0.5, 0.6) is 0 Å². The summed E-state index contributed by atoms with van der Waals surface area (Å²) in [7, 11) is 1.42. The van der Waals surface area contributed by atoms with Gasteiger partial charge in [-0.1, -0.05) is 12.1 Å². The number of benzene rings is 1. The second kappa shape index (κ2) is 6.74. The minimum atomic E-state index is -0.455. The van der Waals surface area contributed by atoms with Gasteiger partial charge in [0.05, 0.1) is 0 Å². The molecule has 1 aromatic carbocycles. The van der Waals surface area contributed by atoms with Crippen LogP contribution in [0.25, 0.3) is 0 Å². The van der Waals surface area contributed by atoms with Crippen molar-refractivity contribution in [2.75, 3.05) is 16.8 Å². The van der Waals surface area contributed by atoms with Crippen LogP contribution < -0.4 is 21.5 Å². The zero-order chi connectivity index (χ0) is 17.1. The van der Waals surface area contributed by atoms with Crippen LogP contribution in [-0.2, 0) is 18.4 Å². The number of nitrogens with zero attached hydrogens (tertiary/aromatic N) is 2. The third kappa shape index (κ3) is 3.40. The van der Waals surface area contributed by atoms with Crippen molar-refractivity contribution in [3.05, 3.63) is 56.7 Å². The van der Waals surface area contributed by atoms with Crippen molar-refractivity contribution < 1.29 is 4.79 Å². The quantitative estimate of drug-likeness (QED) is 0.883. The Hall–Kier alpha value is -2.83. The van der Waals surface area contributed by atoms with Gasteiger partial charge >= 0.3 is 5.69 Å². The van der Waals surface area contributed by atoms with Crippen molar-refractivity contribution in [3.63, 3.8) is 0 Å². The fraction of sp³-hybridized carbons (Fsp3) is 0.353. The van der Waals surface area contributed by atoms with Gasteiger partial charge in [0, 0.05) is 38.3 Å².